The molecule has 9 heteroatoms. The monoisotopic (exact) mass is 341 g/mol. The molecule has 116 valence electrons. The Bertz CT molecular complexity index is 831. The number of amides is 1. The molecular formula is C13H12ClN3O4S. The number of nitrogens with one attached hydrogen (secondary N) is 2. The maximum Gasteiger partial charge on any atom is 0.257 e. The fourth-order valence-corrected chi connectivity index (χ4v) is 2.57. The number of nitrogens with zero attached hydrogens (tertiary/aromatic N) is 1. The summed E-state index contributed by atoms with van der Waals surface area (Å²) in [7, 11) is -3.90. The lowest BCUT2D eigenvalue weighted by atomic mass is 10.4. The second-order valence-electron chi connectivity index (χ2n) is 4.27. The molecule has 0 aliphatic carbocycles. The number of benzene rings is 1. The van der Waals surface area contributed by atoms with E-state index in [1.54, 1.807) is 12.1 Å². The van der Waals surface area contributed by atoms with E-state index in [9.17, 15) is 18.0 Å². The van der Waals surface area contributed by atoms with Crippen LogP contribution in [0.25, 0.3) is 0 Å². The highest BCUT2D eigenvalue weighted by Crippen LogP contribution is 2.13. The lowest BCUT2D eigenvalue weighted by Gasteiger charge is -2.09. The fraction of sp³-hybridized carbons (Fsp3) is 0.0769. The normalized spacial score (nSPS) is 11.1. The van der Waals surface area contributed by atoms with Crippen LogP contribution in [0.3, 0.4) is 0 Å². The average molecular weight is 342 g/mol. The number of rotatable bonds is 5. The highest BCUT2D eigenvalue weighted by molar-refractivity contribution is 7.89. The van der Waals surface area contributed by atoms with E-state index in [0.29, 0.717) is 5.02 Å². The van der Waals surface area contributed by atoms with Crippen LogP contribution >= 0.6 is 11.6 Å². The predicted octanol–water partition coefficient (Wildman–Crippen LogP) is 0.511. The molecule has 0 aliphatic rings. The third kappa shape index (κ3) is 4.17. The molecule has 2 N–H and O–H groups in total. The number of sulfonamides is 1. The summed E-state index contributed by atoms with van der Waals surface area (Å²) in [6, 6.07) is 9.87. The molecule has 0 fully saturated rings. The number of hydrazine groups is 1. The summed E-state index contributed by atoms with van der Waals surface area (Å²) in [5.41, 5.74) is 1.68. The Labute approximate surface area is 131 Å². The van der Waals surface area contributed by atoms with Gasteiger partial charge in [-0.3, -0.25) is 15.0 Å². The lowest BCUT2D eigenvalue weighted by Crippen LogP contribution is -2.43. The summed E-state index contributed by atoms with van der Waals surface area (Å²) in [5.74, 6) is -0.675. The maximum absolute atomic E-state index is 11.9. The molecule has 0 bridgehead atoms. The number of halogens is 1. The van der Waals surface area contributed by atoms with E-state index in [1.807, 2.05) is 10.3 Å². The number of aromatic nitrogens is 1. The van der Waals surface area contributed by atoms with Crippen molar-refractivity contribution in [3.8, 4) is 0 Å². The number of hydrogen-bond donors (Lipinski definition) is 2. The van der Waals surface area contributed by atoms with Crippen LogP contribution in [0.1, 0.15) is 0 Å². The topological polar surface area (TPSA) is 97.3 Å². The molecule has 0 aliphatic heterocycles. The van der Waals surface area contributed by atoms with Crippen LogP contribution in [-0.2, 0) is 21.4 Å². The Morgan fingerprint density at radius 3 is 2.45 bits per heavy atom. The molecule has 0 radical (unpaired) electrons. The third-order valence-electron chi connectivity index (χ3n) is 2.66. The van der Waals surface area contributed by atoms with Crippen LogP contribution in [0.15, 0.2) is 58.4 Å². The van der Waals surface area contributed by atoms with E-state index in [0.717, 1.165) is 4.57 Å². The molecule has 0 saturated heterocycles. The van der Waals surface area contributed by atoms with Gasteiger partial charge in [0.05, 0.1) is 4.90 Å². The molecule has 0 saturated carbocycles. The molecule has 0 spiro atoms. The molecule has 22 heavy (non-hydrogen) atoms. The molecule has 2 rings (SSSR count). The zero-order valence-corrected chi connectivity index (χ0v) is 12.8. The first-order valence-corrected chi connectivity index (χ1v) is 7.96. The van der Waals surface area contributed by atoms with Crippen molar-refractivity contribution < 1.29 is 13.2 Å². The van der Waals surface area contributed by atoms with Gasteiger partial charge in [0.1, 0.15) is 6.54 Å². The van der Waals surface area contributed by atoms with Crippen LogP contribution in [0.2, 0.25) is 5.02 Å². The largest absolute Gasteiger partial charge is 0.306 e. The van der Waals surface area contributed by atoms with Crippen LogP contribution in [-0.4, -0.2) is 18.9 Å². The van der Waals surface area contributed by atoms with Gasteiger partial charge < -0.3 is 4.57 Å². The number of hydrogen-bond acceptors (Lipinski definition) is 4. The minimum absolute atomic E-state index is 0.0471. The Balaban J connectivity index is 2.00. The molecule has 7 nitrogen and oxygen atoms in total. The fourth-order valence-electron chi connectivity index (χ4n) is 1.58. The van der Waals surface area contributed by atoms with Crippen LogP contribution in [0, 0.1) is 0 Å². The van der Waals surface area contributed by atoms with Crippen molar-refractivity contribution in [2.24, 2.45) is 0 Å². The number of carbonyl (C=O) groups excluding carboxylic acids is 1. The molecular weight excluding hydrogens is 330 g/mol. The second-order valence-corrected chi connectivity index (χ2v) is 6.39. The zero-order chi connectivity index (χ0) is 16.2. The van der Waals surface area contributed by atoms with Crippen molar-refractivity contribution in [3.05, 3.63) is 64.0 Å². The summed E-state index contributed by atoms with van der Waals surface area (Å²) in [5, 5.41) is 0.395. The van der Waals surface area contributed by atoms with E-state index in [1.165, 1.54) is 36.5 Å². The van der Waals surface area contributed by atoms with E-state index in [4.69, 9.17) is 11.6 Å². The van der Waals surface area contributed by atoms with E-state index >= 15 is 0 Å². The van der Waals surface area contributed by atoms with Crippen molar-refractivity contribution in [1.29, 1.82) is 0 Å². The van der Waals surface area contributed by atoms with Gasteiger partial charge in [-0.2, -0.15) is 0 Å². The summed E-state index contributed by atoms with van der Waals surface area (Å²) in [4.78, 5) is 25.0. The summed E-state index contributed by atoms with van der Waals surface area (Å²) < 4.78 is 25.0. The zero-order valence-electron chi connectivity index (χ0n) is 11.2. The van der Waals surface area contributed by atoms with Gasteiger partial charge in [-0.25, -0.2) is 8.42 Å². The maximum atomic E-state index is 11.9. The van der Waals surface area contributed by atoms with Crippen molar-refractivity contribution in [2.45, 2.75) is 11.4 Å². The minimum Gasteiger partial charge on any atom is -0.306 e. The van der Waals surface area contributed by atoms with Gasteiger partial charge in [0, 0.05) is 17.3 Å². The lowest BCUT2D eigenvalue weighted by molar-refractivity contribution is -0.122. The molecule has 1 aromatic carbocycles. The van der Waals surface area contributed by atoms with Crippen LogP contribution in [0.5, 0.6) is 0 Å². The van der Waals surface area contributed by atoms with Crippen molar-refractivity contribution >= 4 is 27.5 Å². The van der Waals surface area contributed by atoms with E-state index < -0.39 is 15.9 Å². The Morgan fingerprint density at radius 1 is 1.14 bits per heavy atom. The van der Waals surface area contributed by atoms with Gasteiger partial charge in [0.15, 0.2) is 0 Å². The Morgan fingerprint density at radius 2 is 1.82 bits per heavy atom. The average Bonchev–Trinajstić information content (AvgIpc) is 2.48. The van der Waals surface area contributed by atoms with Crippen molar-refractivity contribution in [2.75, 3.05) is 0 Å². The highest BCUT2D eigenvalue weighted by Gasteiger charge is 2.15. The quantitative estimate of drug-likeness (QED) is 0.774. The standard InChI is InChI=1S/C13H12ClN3O4S/c14-10-4-6-11(7-5-10)22(20,21)16-15-12(18)9-17-8-2-1-3-13(17)19/h1-8,16H,9H2,(H,15,18). The number of pyridine rings is 1. The first-order chi connectivity index (χ1) is 10.4. The summed E-state index contributed by atoms with van der Waals surface area (Å²) in [6.07, 6.45) is 1.43. The molecule has 0 unspecified atom stereocenters. The van der Waals surface area contributed by atoms with Crippen molar-refractivity contribution in [3.63, 3.8) is 0 Å². The van der Waals surface area contributed by atoms with Gasteiger partial charge in [0.25, 0.3) is 21.5 Å². The second kappa shape index (κ2) is 6.73. The molecule has 1 aromatic heterocycles. The van der Waals surface area contributed by atoms with Crippen LogP contribution in [0.4, 0.5) is 0 Å². The molecule has 2 aromatic rings. The molecule has 0 atom stereocenters. The highest BCUT2D eigenvalue weighted by atomic mass is 35.5. The Kier molecular flexibility index (Phi) is 4.96. The van der Waals surface area contributed by atoms with E-state index in [2.05, 4.69) is 0 Å². The first kappa shape index (κ1) is 16.2. The minimum atomic E-state index is -3.90. The van der Waals surface area contributed by atoms with Crippen LogP contribution < -0.4 is 15.8 Å². The van der Waals surface area contributed by atoms with Gasteiger partial charge in [-0.05, 0) is 30.3 Å². The molecule has 1 heterocycles. The Hall–Kier alpha value is -2.16. The smallest absolute Gasteiger partial charge is 0.257 e. The predicted molar refractivity (Wildman–Crippen MR) is 80.6 cm³/mol. The third-order valence-corrected chi connectivity index (χ3v) is 4.18. The first-order valence-electron chi connectivity index (χ1n) is 6.10. The van der Waals surface area contributed by atoms with Crippen molar-refractivity contribution in [1.82, 2.24) is 14.8 Å². The summed E-state index contributed by atoms with van der Waals surface area (Å²) in [6.45, 7) is -0.303. The van der Waals surface area contributed by atoms with E-state index in [-0.39, 0.29) is 17.0 Å². The van der Waals surface area contributed by atoms with Gasteiger partial charge in [-0.1, -0.05) is 17.7 Å². The molecule has 1 amide bonds. The number of carbonyl (C=O) groups is 1. The van der Waals surface area contributed by atoms with Gasteiger partial charge >= 0.3 is 0 Å². The SMILES string of the molecule is O=C(Cn1ccccc1=O)NNS(=O)(=O)c1ccc(Cl)cc1. The van der Waals surface area contributed by atoms with Gasteiger partial charge in [-0.15, -0.1) is 4.83 Å². The summed E-state index contributed by atoms with van der Waals surface area (Å²) >= 11 is 5.68. The van der Waals surface area contributed by atoms with Gasteiger partial charge in [0.2, 0.25) is 0 Å².